The van der Waals surface area contributed by atoms with E-state index in [0.29, 0.717) is 12.1 Å². The molecule has 0 fully saturated rings. The first-order valence-electron chi connectivity index (χ1n) is 5.17. The van der Waals surface area contributed by atoms with E-state index in [1.807, 2.05) is 0 Å². The minimum absolute atomic E-state index is 0.149. The zero-order chi connectivity index (χ0) is 14.0. The fourth-order valence-corrected chi connectivity index (χ4v) is 1.45. The lowest BCUT2D eigenvalue weighted by molar-refractivity contribution is 0.0929. The van der Waals surface area contributed by atoms with Gasteiger partial charge in [-0.1, -0.05) is 5.21 Å². The van der Waals surface area contributed by atoms with E-state index in [1.54, 1.807) is 0 Å². The van der Waals surface area contributed by atoms with Gasteiger partial charge in [0.15, 0.2) is 5.82 Å². The number of tetrazole rings is 1. The Morgan fingerprint density at radius 1 is 1.32 bits per heavy atom. The average Bonchev–Trinajstić information content (AvgIpc) is 2.80. The number of nitrogens with one attached hydrogen (secondary N) is 2. The van der Waals surface area contributed by atoms with E-state index in [1.165, 1.54) is 6.92 Å². The number of nitrogens with zero attached hydrogens (tertiary/aromatic N) is 3. The van der Waals surface area contributed by atoms with Crippen LogP contribution in [0.1, 0.15) is 29.1 Å². The number of H-pyrrole nitrogens is 1. The maximum absolute atomic E-state index is 13.4. The molecule has 0 aliphatic rings. The van der Waals surface area contributed by atoms with Crippen molar-refractivity contribution in [3.8, 4) is 0 Å². The SMILES string of the molecule is CC(NC(=O)c1c(F)cc(F)cc1F)c1nn[nH]n1. The molecule has 6 nitrogen and oxygen atoms in total. The standard InChI is InChI=1S/C10H8F3N5O/c1-4(9-15-17-18-16-9)14-10(19)8-6(12)2-5(11)3-7(8)13/h2-4H,1H3,(H,14,19)(H,15,16,17,18). The van der Waals surface area contributed by atoms with Crippen molar-refractivity contribution in [2.24, 2.45) is 0 Å². The van der Waals surface area contributed by atoms with Crippen molar-refractivity contribution in [1.29, 1.82) is 0 Å². The first-order valence-corrected chi connectivity index (χ1v) is 5.17. The number of halogens is 3. The summed E-state index contributed by atoms with van der Waals surface area (Å²) in [6.07, 6.45) is 0. The van der Waals surface area contributed by atoms with Crippen molar-refractivity contribution in [3.63, 3.8) is 0 Å². The fraction of sp³-hybridized carbons (Fsp3) is 0.200. The fourth-order valence-electron chi connectivity index (χ4n) is 1.45. The highest BCUT2D eigenvalue weighted by atomic mass is 19.1. The normalized spacial score (nSPS) is 12.2. The highest BCUT2D eigenvalue weighted by Crippen LogP contribution is 2.16. The second-order valence-corrected chi connectivity index (χ2v) is 3.71. The summed E-state index contributed by atoms with van der Waals surface area (Å²) in [5.41, 5.74) is -0.864. The summed E-state index contributed by atoms with van der Waals surface area (Å²) < 4.78 is 39.4. The van der Waals surface area contributed by atoms with Crippen LogP contribution in [0.15, 0.2) is 12.1 Å². The Bertz CT molecular complexity index is 578. The largest absolute Gasteiger partial charge is 0.342 e. The molecule has 0 aliphatic carbocycles. The lowest BCUT2D eigenvalue weighted by Gasteiger charge is -2.11. The molecule has 1 unspecified atom stereocenters. The van der Waals surface area contributed by atoms with Crippen molar-refractivity contribution >= 4 is 5.91 Å². The van der Waals surface area contributed by atoms with E-state index in [2.05, 4.69) is 25.9 Å². The molecule has 0 spiro atoms. The van der Waals surface area contributed by atoms with Gasteiger partial charge < -0.3 is 5.32 Å². The van der Waals surface area contributed by atoms with E-state index in [0.717, 1.165) is 0 Å². The maximum atomic E-state index is 13.4. The third-order valence-electron chi connectivity index (χ3n) is 2.33. The molecule has 100 valence electrons. The predicted molar refractivity (Wildman–Crippen MR) is 56.4 cm³/mol. The molecule has 1 heterocycles. The zero-order valence-corrected chi connectivity index (χ0v) is 9.62. The van der Waals surface area contributed by atoms with Gasteiger partial charge in [0.2, 0.25) is 0 Å². The summed E-state index contributed by atoms with van der Waals surface area (Å²) in [7, 11) is 0. The van der Waals surface area contributed by atoms with Gasteiger partial charge in [-0.05, 0) is 6.92 Å². The Morgan fingerprint density at radius 3 is 2.47 bits per heavy atom. The number of carbonyl (C=O) groups excluding carboxylic acids is 1. The van der Waals surface area contributed by atoms with Crippen molar-refractivity contribution in [2.45, 2.75) is 13.0 Å². The van der Waals surface area contributed by atoms with Gasteiger partial charge in [-0.25, -0.2) is 13.2 Å². The minimum Gasteiger partial charge on any atom is -0.342 e. The molecule has 2 rings (SSSR count). The van der Waals surface area contributed by atoms with Crippen LogP contribution >= 0.6 is 0 Å². The molecule has 1 atom stereocenters. The smallest absolute Gasteiger partial charge is 0.257 e. The van der Waals surface area contributed by atoms with E-state index in [4.69, 9.17) is 0 Å². The monoisotopic (exact) mass is 271 g/mol. The summed E-state index contributed by atoms with van der Waals surface area (Å²) in [6, 6.07) is 0.142. The van der Waals surface area contributed by atoms with Crippen LogP contribution in [-0.4, -0.2) is 26.5 Å². The third-order valence-corrected chi connectivity index (χ3v) is 2.33. The number of aromatic nitrogens is 4. The molecule has 0 bridgehead atoms. The number of hydrogen-bond acceptors (Lipinski definition) is 4. The molecule has 2 aromatic rings. The quantitative estimate of drug-likeness (QED) is 0.875. The van der Waals surface area contributed by atoms with E-state index in [9.17, 15) is 18.0 Å². The summed E-state index contributed by atoms with van der Waals surface area (Å²) in [5, 5.41) is 15.0. The Hall–Kier alpha value is -2.45. The van der Waals surface area contributed by atoms with Crippen LogP contribution < -0.4 is 5.32 Å². The van der Waals surface area contributed by atoms with Crippen molar-refractivity contribution in [2.75, 3.05) is 0 Å². The summed E-state index contributed by atoms with van der Waals surface area (Å²) >= 11 is 0. The van der Waals surface area contributed by atoms with Crippen molar-refractivity contribution in [1.82, 2.24) is 25.9 Å². The van der Waals surface area contributed by atoms with Gasteiger partial charge in [0, 0.05) is 12.1 Å². The van der Waals surface area contributed by atoms with E-state index >= 15 is 0 Å². The van der Waals surface area contributed by atoms with Crippen LogP contribution in [0.25, 0.3) is 0 Å². The number of benzene rings is 1. The molecular formula is C10H8F3N5O. The third kappa shape index (κ3) is 2.69. The van der Waals surface area contributed by atoms with Crippen LogP contribution in [-0.2, 0) is 0 Å². The molecule has 0 saturated heterocycles. The minimum atomic E-state index is -1.28. The molecule has 2 N–H and O–H groups in total. The first-order chi connectivity index (χ1) is 8.99. The molecule has 1 aromatic carbocycles. The van der Waals surface area contributed by atoms with Crippen LogP contribution in [0, 0.1) is 17.5 Å². The molecule has 0 aliphatic heterocycles. The first kappa shape index (κ1) is 13.0. The van der Waals surface area contributed by atoms with Gasteiger partial charge in [0.05, 0.1) is 6.04 Å². The number of rotatable bonds is 3. The van der Waals surface area contributed by atoms with Gasteiger partial charge in [-0.3, -0.25) is 4.79 Å². The van der Waals surface area contributed by atoms with E-state index < -0.39 is 35.0 Å². The molecule has 9 heteroatoms. The van der Waals surface area contributed by atoms with Crippen LogP contribution in [0.4, 0.5) is 13.2 Å². The predicted octanol–water partition coefficient (Wildman–Crippen LogP) is 1.11. The molecule has 19 heavy (non-hydrogen) atoms. The zero-order valence-electron chi connectivity index (χ0n) is 9.62. The number of amides is 1. The Kier molecular flexibility index (Phi) is 3.45. The number of hydrogen-bond donors (Lipinski definition) is 2. The number of aromatic amines is 1. The van der Waals surface area contributed by atoms with E-state index in [-0.39, 0.29) is 5.82 Å². The Balaban J connectivity index is 2.21. The van der Waals surface area contributed by atoms with Gasteiger partial charge in [-0.2, -0.15) is 5.21 Å². The van der Waals surface area contributed by atoms with Crippen LogP contribution in [0.2, 0.25) is 0 Å². The average molecular weight is 271 g/mol. The van der Waals surface area contributed by atoms with Crippen LogP contribution in [0.3, 0.4) is 0 Å². The molecule has 0 radical (unpaired) electrons. The summed E-state index contributed by atoms with van der Waals surface area (Å²) in [6.45, 7) is 1.50. The molecular weight excluding hydrogens is 263 g/mol. The Labute approximate surface area is 105 Å². The second-order valence-electron chi connectivity index (χ2n) is 3.71. The van der Waals surface area contributed by atoms with Gasteiger partial charge in [0.25, 0.3) is 5.91 Å². The number of carbonyl (C=O) groups is 1. The van der Waals surface area contributed by atoms with Crippen molar-refractivity contribution < 1.29 is 18.0 Å². The maximum Gasteiger partial charge on any atom is 0.257 e. The molecule has 1 amide bonds. The van der Waals surface area contributed by atoms with Gasteiger partial charge in [-0.15, -0.1) is 10.2 Å². The lowest BCUT2D eigenvalue weighted by atomic mass is 10.1. The van der Waals surface area contributed by atoms with Gasteiger partial charge >= 0.3 is 0 Å². The molecule has 1 aromatic heterocycles. The topological polar surface area (TPSA) is 83.6 Å². The second kappa shape index (κ2) is 5.04. The summed E-state index contributed by atoms with van der Waals surface area (Å²) in [4.78, 5) is 11.7. The van der Waals surface area contributed by atoms with Crippen LogP contribution in [0.5, 0.6) is 0 Å². The highest BCUT2D eigenvalue weighted by molar-refractivity contribution is 5.94. The van der Waals surface area contributed by atoms with Crippen molar-refractivity contribution in [3.05, 3.63) is 41.0 Å². The summed E-state index contributed by atoms with van der Waals surface area (Å²) in [5.74, 6) is -4.55. The lowest BCUT2D eigenvalue weighted by Crippen LogP contribution is -2.29. The van der Waals surface area contributed by atoms with Gasteiger partial charge in [0.1, 0.15) is 23.0 Å². The molecule has 0 saturated carbocycles. The Morgan fingerprint density at radius 2 is 1.95 bits per heavy atom. The highest BCUT2D eigenvalue weighted by Gasteiger charge is 2.22.